The molecule has 3 N–H and O–H groups in total. The molecule has 5 nitrogen and oxygen atoms in total. The molecule has 1 unspecified atom stereocenters. The number of aryl methyl sites for hydroxylation is 2. The minimum Gasteiger partial charge on any atom is -0.379 e. The molecule has 152 valence electrons. The molecular weight excluding hydrogens is 470 g/mol. The number of nitrogens with one attached hydrogen (secondary N) is 1. The number of nitrogens with two attached hydrogens (primary N) is 1. The van der Waals surface area contributed by atoms with E-state index in [1.54, 1.807) is 12.1 Å². The van der Waals surface area contributed by atoms with E-state index in [1.807, 2.05) is 32.0 Å². The summed E-state index contributed by atoms with van der Waals surface area (Å²) in [5.41, 5.74) is 10.3. The molecule has 1 fully saturated rings. The summed E-state index contributed by atoms with van der Waals surface area (Å²) in [6.45, 7) is 7.47. The second-order valence-electron chi connectivity index (χ2n) is 6.95. The van der Waals surface area contributed by atoms with Crippen molar-refractivity contribution < 1.29 is 9.13 Å². The first-order valence-corrected chi connectivity index (χ1v) is 9.24. The highest BCUT2D eigenvalue weighted by Crippen LogP contribution is 2.23. The number of ether oxygens (including phenoxy) is 1. The van der Waals surface area contributed by atoms with Gasteiger partial charge in [-0.3, -0.25) is 9.89 Å². The SMILES string of the molecule is Cc1cc(C)cc(NC(N)=NCC(c2cccc(F)c2)N2CCOCC2)c1.I. The van der Waals surface area contributed by atoms with Crippen molar-refractivity contribution in [2.45, 2.75) is 19.9 Å². The van der Waals surface area contributed by atoms with E-state index >= 15 is 0 Å². The van der Waals surface area contributed by atoms with Gasteiger partial charge in [0.2, 0.25) is 0 Å². The van der Waals surface area contributed by atoms with Crippen LogP contribution in [0.5, 0.6) is 0 Å². The van der Waals surface area contributed by atoms with Crippen LogP contribution in [0.3, 0.4) is 0 Å². The number of benzene rings is 2. The average Bonchev–Trinajstić information content (AvgIpc) is 2.62. The molecule has 2 aromatic carbocycles. The van der Waals surface area contributed by atoms with E-state index in [0.29, 0.717) is 25.7 Å². The van der Waals surface area contributed by atoms with Crippen LogP contribution < -0.4 is 11.1 Å². The van der Waals surface area contributed by atoms with E-state index in [9.17, 15) is 4.39 Å². The number of rotatable bonds is 5. The third kappa shape index (κ3) is 6.42. The molecule has 1 atom stereocenters. The molecule has 0 spiro atoms. The lowest BCUT2D eigenvalue weighted by Crippen LogP contribution is -2.40. The van der Waals surface area contributed by atoms with E-state index in [0.717, 1.165) is 35.5 Å². The van der Waals surface area contributed by atoms with Crippen LogP contribution in [0.2, 0.25) is 0 Å². The van der Waals surface area contributed by atoms with Crippen molar-refractivity contribution in [1.82, 2.24) is 4.90 Å². The summed E-state index contributed by atoms with van der Waals surface area (Å²) in [7, 11) is 0. The quantitative estimate of drug-likeness (QED) is 0.374. The van der Waals surface area contributed by atoms with Crippen molar-refractivity contribution in [1.29, 1.82) is 0 Å². The Morgan fingerprint density at radius 3 is 2.50 bits per heavy atom. The highest BCUT2D eigenvalue weighted by atomic mass is 127. The molecule has 1 aliphatic rings. The molecule has 1 saturated heterocycles. The number of hydrogen-bond donors (Lipinski definition) is 2. The molecule has 7 heteroatoms. The number of halogens is 2. The molecule has 0 radical (unpaired) electrons. The Morgan fingerprint density at radius 2 is 1.86 bits per heavy atom. The van der Waals surface area contributed by atoms with E-state index in [4.69, 9.17) is 10.5 Å². The van der Waals surface area contributed by atoms with Crippen LogP contribution >= 0.6 is 24.0 Å². The summed E-state index contributed by atoms with van der Waals surface area (Å²) >= 11 is 0. The first-order chi connectivity index (χ1) is 13.0. The topological polar surface area (TPSA) is 62.9 Å². The molecule has 1 heterocycles. The van der Waals surface area contributed by atoms with Gasteiger partial charge in [-0.15, -0.1) is 24.0 Å². The van der Waals surface area contributed by atoms with Gasteiger partial charge in [0, 0.05) is 18.8 Å². The van der Waals surface area contributed by atoms with Crippen molar-refractivity contribution in [3.63, 3.8) is 0 Å². The maximum absolute atomic E-state index is 13.7. The number of anilines is 1. The number of morpholine rings is 1. The summed E-state index contributed by atoms with van der Waals surface area (Å²) in [6, 6.07) is 12.8. The molecule has 0 aromatic heterocycles. The predicted octanol–water partition coefficient (Wildman–Crippen LogP) is 3.86. The van der Waals surface area contributed by atoms with Gasteiger partial charge in [-0.05, 0) is 54.8 Å². The van der Waals surface area contributed by atoms with Gasteiger partial charge in [0.1, 0.15) is 5.82 Å². The smallest absolute Gasteiger partial charge is 0.193 e. The monoisotopic (exact) mass is 498 g/mol. The molecule has 0 saturated carbocycles. The summed E-state index contributed by atoms with van der Waals surface area (Å²) in [5, 5.41) is 3.16. The highest BCUT2D eigenvalue weighted by Gasteiger charge is 2.22. The maximum Gasteiger partial charge on any atom is 0.193 e. The van der Waals surface area contributed by atoms with E-state index in [2.05, 4.69) is 21.3 Å². The van der Waals surface area contributed by atoms with Gasteiger partial charge in [-0.1, -0.05) is 18.2 Å². The standard InChI is InChI=1S/C21H27FN4O.HI/c1-15-10-16(2)12-19(11-15)25-21(23)24-14-20(26-6-8-27-9-7-26)17-4-3-5-18(22)13-17;/h3-5,10-13,20H,6-9,14H2,1-2H3,(H3,23,24,25);1H. The first kappa shape index (κ1) is 22.6. The minimum atomic E-state index is -0.240. The molecule has 0 amide bonds. The van der Waals surface area contributed by atoms with Gasteiger partial charge in [0.15, 0.2) is 5.96 Å². The second kappa shape index (κ2) is 10.7. The van der Waals surface area contributed by atoms with Crippen LogP contribution in [0.4, 0.5) is 10.1 Å². The van der Waals surface area contributed by atoms with Crippen LogP contribution in [0, 0.1) is 19.7 Å². The van der Waals surface area contributed by atoms with Gasteiger partial charge < -0.3 is 15.8 Å². The van der Waals surface area contributed by atoms with Crippen LogP contribution in [0.25, 0.3) is 0 Å². The molecule has 1 aliphatic heterocycles. The zero-order valence-electron chi connectivity index (χ0n) is 16.3. The summed E-state index contributed by atoms with van der Waals surface area (Å²) in [5.74, 6) is 0.116. The Balaban J connectivity index is 0.00000280. The van der Waals surface area contributed by atoms with Crippen molar-refractivity contribution in [2.75, 3.05) is 38.2 Å². The Hall–Kier alpha value is -1.71. The van der Waals surface area contributed by atoms with Crippen LogP contribution in [0.15, 0.2) is 47.5 Å². The number of nitrogens with zero attached hydrogens (tertiary/aromatic N) is 2. The lowest BCUT2D eigenvalue weighted by atomic mass is 10.0. The number of hydrogen-bond acceptors (Lipinski definition) is 3. The highest BCUT2D eigenvalue weighted by molar-refractivity contribution is 14.0. The molecule has 0 aliphatic carbocycles. The lowest BCUT2D eigenvalue weighted by molar-refractivity contribution is 0.0179. The van der Waals surface area contributed by atoms with Gasteiger partial charge in [-0.25, -0.2) is 4.39 Å². The molecule has 28 heavy (non-hydrogen) atoms. The van der Waals surface area contributed by atoms with Crippen LogP contribution in [-0.4, -0.2) is 43.7 Å². The zero-order valence-corrected chi connectivity index (χ0v) is 18.7. The van der Waals surface area contributed by atoms with Crippen molar-refractivity contribution >= 4 is 35.6 Å². The lowest BCUT2D eigenvalue weighted by Gasteiger charge is -2.34. The summed E-state index contributed by atoms with van der Waals surface area (Å²) in [6.07, 6.45) is 0. The fraction of sp³-hybridized carbons (Fsp3) is 0.381. The zero-order chi connectivity index (χ0) is 19.2. The van der Waals surface area contributed by atoms with Crippen LogP contribution in [0.1, 0.15) is 22.7 Å². The van der Waals surface area contributed by atoms with Crippen molar-refractivity contribution in [2.24, 2.45) is 10.7 Å². The van der Waals surface area contributed by atoms with Gasteiger partial charge in [0.05, 0.1) is 25.8 Å². The Labute approximate surface area is 183 Å². The second-order valence-corrected chi connectivity index (χ2v) is 6.95. The Bertz CT molecular complexity index is 788. The molecule has 3 rings (SSSR count). The molecule has 2 aromatic rings. The summed E-state index contributed by atoms with van der Waals surface area (Å²) < 4.78 is 19.2. The summed E-state index contributed by atoms with van der Waals surface area (Å²) in [4.78, 5) is 6.81. The van der Waals surface area contributed by atoms with Gasteiger partial charge in [-0.2, -0.15) is 0 Å². The minimum absolute atomic E-state index is 0. The fourth-order valence-corrected chi connectivity index (χ4v) is 3.45. The van der Waals surface area contributed by atoms with Crippen LogP contribution in [-0.2, 0) is 4.74 Å². The molecule has 0 bridgehead atoms. The van der Waals surface area contributed by atoms with E-state index in [-0.39, 0.29) is 35.8 Å². The van der Waals surface area contributed by atoms with Crippen molar-refractivity contribution in [3.8, 4) is 0 Å². The average molecular weight is 498 g/mol. The Kier molecular flexibility index (Phi) is 8.65. The predicted molar refractivity (Wildman–Crippen MR) is 123 cm³/mol. The third-order valence-corrected chi connectivity index (χ3v) is 4.65. The first-order valence-electron chi connectivity index (χ1n) is 9.24. The normalized spacial score (nSPS) is 16.3. The third-order valence-electron chi connectivity index (χ3n) is 4.65. The van der Waals surface area contributed by atoms with Gasteiger partial charge >= 0.3 is 0 Å². The fourth-order valence-electron chi connectivity index (χ4n) is 3.45. The van der Waals surface area contributed by atoms with Crippen molar-refractivity contribution in [3.05, 3.63) is 65.0 Å². The van der Waals surface area contributed by atoms with Gasteiger partial charge in [0.25, 0.3) is 0 Å². The van der Waals surface area contributed by atoms with E-state index < -0.39 is 0 Å². The maximum atomic E-state index is 13.7. The molecular formula is C21H28FIN4O. The van der Waals surface area contributed by atoms with E-state index in [1.165, 1.54) is 6.07 Å². The number of aliphatic imine (C=N–C) groups is 1. The largest absolute Gasteiger partial charge is 0.379 e. The Morgan fingerprint density at radius 1 is 1.18 bits per heavy atom. The number of guanidine groups is 1.